The Labute approximate surface area is 175 Å². The number of hydrogen-bond donors (Lipinski definition) is 1. The van der Waals surface area contributed by atoms with E-state index in [1.165, 1.54) is 7.11 Å². The predicted molar refractivity (Wildman–Crippen MR) is 114 cm³/mol. The minimum Gasteiger partial charge on any atom is -0.496 e. The van der Waals surface area contributed by atoms with Crippen LogP contribution in [0.5, 0.6) is 5.75 Å². The van der Waals surface area contributed by atoms with Crippen molar-refractivity contribution in [2.45, 2.75) is 40.5 Å². The molecule has 0 fully saturated rings. The van der Waals surface area contributed by atoms with E-state index in [1.54, 1.807) is 32.9 Å². The van der Waals surface area contributed by atoms with Crippen LogP contribution in [0.4, 0.5) is 5.82 Å². The maximum absolute atomic E-state index is 13.3. The van der Waals surface area contributed by atoms with E-state index in [9.17, 15) is 14.4 Å². The number of ether oxygens (including phenoxy) is 3. The molecule has 2 rings (SSSR count). The molecule has 0 aliphatic rings. The van der Waals surface area contributed by atoms with Crippen LogP contribution in [-0.4, -0.2) is 36.8 Å². The lowest BCUT2D eigenvalue weighted by molar-refractivity contribution is 0.0497. The summed E-state index contributed by atoms with van der Waals surface area (Å²) in [6.07, 6.45) is 1.49. The van der Waals surface area contributed by atoms with Gasteiger partial charge in [0.25, 0.3) is 5.56 Å². The molecule has 8 nitrogen and oxygen atoms in total. The normalized spacial score (nSPS) is 10.6. The Hall–Kier alpha value is -3.29. The number of aromatic nitrogens is 1. The maximum atomic E-state index is 13.3. The quantitative estimate of drug-likeness (QED) is 0.520. The van der Waals surface area contributed by atoms with Crippen molar-refractivity contribution >= 4 is 17.8 Å². The van der Waals surface area contributed by atoms with Gasteiger partial charge in [0.05, 0.1) is 26.0 Å². The van der Waals surface area contributed by atoms with E-state index in [-0.39, 0.29) is 30.2 Å². The number of nitrogens with zero attached hydrogens (tertiary/aromatic N) is 1. The summed E-state index contributed by atoms with van der Waals surface area (Å²) in [4.78, 5) is 38.4. The maximum Gasteiger partial charge on any atom is 0.343 e. The molecule has 0 unspecified atom stereocenters. The average Bonchev–Trinajstić information content (AvgIpc) is 2.70. The molecule has 30 heavy (non-hydrogen) atoms. The fraction of sp³-hybridized carbons (Fsp3) is 0.409. The molecule has 1 aromatic carbocycles. The molecule has 1 heterocycles. The van der Waals surface area contributed by atoms with Crippen molar-refractivity contribution in [3.8, 4) is 11.4 Å². The minimum atomic E-state index is -0.814. The smallest absolute Gasteiger partial charge is 0.343 e. The van der Waals surface area contributed by atoms with Crippen LogP contribution < -0.4 is 16.0 Å². The van der Waals surface area contributed by atoms with Gasteiger partial charge in [-0.05, 0) is 44.9 Å². The zero-order chi connectivity index (χ0) is 22.4. The second-order valence-corrected chi connectivity index (χ2v) is 6.77. The number of carbonyl (C=O) groups excluding carboxylic acids is 2. The molecule has 0 saturated carbocycles. The Balaban J connectivity index is 2.81. The first-order chi connectivity index (χ1) is 14.3. The summed E-state index contributed by atoms with van der Waals surface area (Å²) in [6.45, 7) is 7.46. The zero-order valence-corrected chi connectivity index (χ0v) is 18.0. The Kier molecular flexibility index (Phi) is 7.63. The third kappa shape index (κ3) is 4.48. The second-order valence-electron chi connectivity index (χ2n) is 6.77. The molecule has 0 aliphatic heterocycles. The van der Waals surface area contributed by atoms with E-state index < -0.39 is 17.5 Å². The molecule has 1 aromatic heterocycles. The molecule has 0 spiro atoms. The van der Waals surface area contributed by atoms with E-state index in [0.29, 0.717) is 29.0 Å². The Morgan fingerprint density at radius 2 is 1.73 bits per heavy atom. The highest BCUT2D eigenvalue weighted by Crippen LogP contribution is 2.29. The number of nitrogen functional groups attached to an aromatic ring is 1. The van der Waals surface area contributed by atoms with Crippen molar-refractivity contribution in [1.29, 1.82) is 0 Å². The number of hydrogen-bond acceptors (Lipinski definition) is 7. The van der Waals surface area contributed by atoms with E-state index >= 15 is 0 Å². The molecule has 162 valence electrons. The van der Waals surface area contributed by atoms with Crippen LogP contribution >= 0.6 is 0 Å². The summed E-state index contributed by atoms with van der Waals surface area (Å²) in [6, 6.07) is 4.68. The molecule has 0 amide bonds. The van der Waals surface area contributed by atoms with Crippen molar-refractivity contribution in [3.05, 3.63) is 50.8 Å². The fourth-order valence-electron chi connectivity index (χ4n) is 3.14. The molecule has 0 radical (unpaired) electrons. The van der Waals surface area contributed by atoms with E-state index in [4.69, 9.17) is 19.9 Å². The Morgan fingerprint density at radius 3 is 2.33 bits per heavy atom. The van der Waals surface area contributed by atoms with Gasteiger partial charge in [0, 0.05) is 5.56 Å². The molecule has 8 heteroatoms. The van der Waals surface area contributed by atoms with Gasteiger partial charge < -0.3 is 19.9 Å². The lowest BCUT2D eigenvalue weighted by Gasteiger charge is -2.20. The lowest BCUT2D eigenvalue weighted by atomic mass is 10.1. The van der Waals surface area contributed by atoms with E-state index in [0.717, 1.165) is 17.1 Å². The van der Waals surface area contributed by atoms with Gasteiger partial charge >= 0.3 is 11.9 Å². The summed E-state index contributed by atoms with van der Waals surface area (Å²) in [5.41, 5.74) is 6.98. The van der Waals surface area contributed by atoms with Crippen molar-refractivity contribution in [2.24, 2.45) is 0 Å². The molecular formula is C22H28N2O6. The zero-order valence-electron chi connectivity index (χ0n) is 18.0. The van der Waals surface area contributed by atoms with Gasteiger partial charge in [0.2, 0.25) is 0 Å². The number of unbranched alkanes of at least 4 members (excludes halogenated alkanes) is 1. The van der Waals surface area contributed by atoms with Crippen LogP contribution in [0, 0.1) is 13.8 Å². The predicted octanol–water partition coefficient (Wildman–Crippen LogP) is 3.18. The summed E-state index contributed by atoms with van der Waals surface area (Å²) in [7, 11) is 1.51. The number of rotatable bonds is 8. The molecule has 0 atom stereocenters. The summed E-state index contributed by atoms with van der Waals surface area (Å²) in [5, 5.41) is 0. The summed E-state index contributed by atoms with van der Waals surface area (Å²) >= 11 is 0. The first-order valence-corrected chi connectivity index (χ1v) is 9.82. The number of nitrogens with two attached hydrogens (primary N) is 1. The van der Waals surface area contributed by atoms with Crippen LogP contribution in [0.25, 0.3) is 5.69 Å². The number of pyridine rings is 1. The number of benzene rings is 1. The summed E-state index contributed by atoms with van der Waals surface area (Å²) < 4.78 is 16.8. The van der Waals surface area contributed by atoms with Crippen LogP contribution in [0.2, 0.25) is 0 Å². The van der Waals surface area contributed by atoms with Gasteiger partial charge in [-0.25, -0.2) is 9.59 Å². The van der Waals surface area contributed by atoms with E-state index in [2.05, 4.69) is 0 Å². The number of aryl methyl sites for hydroxylation is 1. The SMILES string of the molecule is CCCCOC(=O)c1cc(C(=O)OCC)c(N)n(-c2c(C)ccc(OC)c2C)c1=O. The summed E-state index contributed by atoms with van der Waals surface area (Å²) in [5.74, 6) is -1.13. The van der Waals surface area contributed by atoms with Crippen LogP contribution in [0.1, 0.15) is 58.5 Å². The van der Waals surface area contributed by atoms with Gasteiger partial charge in [-0.15, -0.1) is 0 Å². The highest BCUT2D eigenvalue weighted by molar-refractivity contribution is 5.98. The van der Waals surface area contributed by atoms with Crippen LogP contribution in [-0.2, 0) is 9.47 Å². The molecule has 2 N–H and O–H groups in total. The van der Waals surface area contributed by atoms with Crippen molar-refractivity contribution < 1.29 is 23.8 Å². The van der Waals surface area contributed by atoms with Crippen LogP contribution in [0.15, 0.2) is 23.0 Å². The van der Waals surface area contributed by atoms with Crippen molar-refractivity contribution in [2.75, 3.05) is 26.1 Å². The van der Waals surface area contributed by atoms with Crippen molar-refractivity contribution in [1.82, 2.24) is 4.57 Å². The topological polar surface area (TPSA) is 110 Å². The number of methoxy groups -OCH3 is 1. The highest BCUT2D eigenvalue weighted by Gasteiger charge is 2.26. The van der Waals surface area contributed by atoms with Crippen molar-refractivity contribution in [3.63, 3.8) is 0 Å². The van der Waals surface area contributed by atoms with E-state index in [1.807, 2.05) is 6.92 Å². The van der Waals surface area contributed by atoms with Gasteiger partial charge in [0.15, 0.2) is 0 Å². The molecule has 0 aliphatic carbocycles. The largest absolute Gasteiger partial charge is 0.496 e. The van der Waals surface area contributed by atoms with Crippen LogP contribution in [0.3, 0.4) is 0 Å². The van der Waals surface area contributed by atoms with Gasteiger partial charge in [0.1, 0.15) is 22.7 Å². The Morgan fingerprint density at radius 1 is 1.07 bits per heavy atom. The third-order valence-electron chi connectivity index (χ3n) is 4.71. The second kappa shape index (κ2) is 9.96. The molecular weight excluding hydrogens is 388 g/mol. The number of esters is 2. The molecule has 0 saturated heterocycles. The first-order valence-electron chi connectivity index (χ1n) is 9.82. The van der Waals surface area contributed by atoms with Gasteiger partial charge in [-0.2, -0.15) is 0 Å². The minimum absolute atomic E-state index is 0.0829. The molecule has 2 aromatic rings. The lowest BCUT2D eigenvalue weighted by Crippen LogP contribution is -2.31. The average molecular weight is 416 g/mol. The fourth-order valence-corrected chi connectivity index (χ4v) is 3.14. The van der Waals surface area contributed by atoms with Gasteiger partial charge in [-0.1, -0.05) is 19.4 Å². The Bertz CT molecular complexity index is 1010. The standard InChI is InChI=1S/C22H28N2O6/c1-6-8-11-30-22(27)16-12-15(21(26)29-7-2)19(23)24(20(16)25)18-13(3)9-10-17(28-5)14(18)4/h9-10,12H,6-8,11,23H2,1-5H3. The number of anilines is 1. The molecule has 0 bridgehead atoms. The monoisotopic (exact) mass is 416 g/mol. The van der Waals surface area contributed by atoms with Gasteiger partial charge in [-0.3, -0.25) is 9.36 Å². The third-order valence-corrected chi connectivity index (χ3v) is 4.71. The number of carbonyl (C=O) groups is 2. The highest BCUT2D eigenvalue weighted by atomic mass is 16.5. The first kappa shape index (κ1) is 23.0.